The molecule has 0 N–H and O–H groups in total. The van der Waals surface area contributed by atoms with Crippen LogP contribution in [-0.4, -0.2) is 49.7 Å². The summed E-state index contributed by atoms with van der Waals surface area (Å²) in [5, 5.41) is 0. The molecular weight excluding hydrogens is 356 g/mol. The fraction of sp³-hybridized carbons (Fsp3) is 0.500. The first-order valence-corrected chi connectivity index (χ1v) is 9.22. The molecule has 21 heavy (non-hydrogen) atoms. The summed E-state index contributed by atoms with van der Waals surface area (Å²) in [4.78, 5) is 13.8. The molecule has 0 aromatic heterocycles. The second-order valence-electron chi connectivity index (χ2n) is 4.95. The van der Waals surface area contributed by atoms with Crippen LogP contribution >= 0.6 is 15.9 Å². The van der Waals surface area contributed by atoms with Crippen LogP contribution in [0.15, 0.2) is 33.6 Å². The summed E-state index contributed by atoms with van der Waals surface area (Å²) in [6, 6.07) is 6.71. The Bertz CT molecular complexity index is 618. The van der Waals surface area contributed by atoms with E-state index in [1.807, 2.05) is 6.92 Å². The van der Waals surface area contributed by atoms with Crippen LogP contribution in [0.1, 0.15) is 19.8 Å². The second-order valence-corrected chi connectivity index (χ2v) is 7.80. The van der Waals surface area contributed by atoms with Gasteiger partial charge >= 0.3 is 0 Å². The van der Waals surface area contributed by atoms with E-state index < -0.39 is 10.0 Å². The van der Waals surface area contributed by atoms with Crippen molar-refractivity contribution < 1.29 is 13.2 Å². The van der Waals surface area contributed by atoms with E-state index in [0.29, 0.717) is 39.0 Å². The van der Waals surface area contributed by atoms with Gasteiger partial charge in [0.05, 0.1) is 4.90 Å². The second kappa shape index (κ2) is 6.89. The van der Waals surface area contributed by atoms with Crippen LogP contribution in [0, 0.1) is 0 Å². The zero-order valence-corrected chi connectivity index (χ0v) is 14.4. The standard InChI is InChI=1S/C14H19BrN2O3S/c1-2-14(18)16-7-4-8-17(10-9-16)21(19,20)13-6-3-5-12(15)11-13/h3,5-6,11H,2,4,7-10H2,1H3. The third kappa shape index (κ3) is 3.84. The lowest BCUT2D eigenvalue weighted by Crippen LogP contribution is -2.37. The number of benzene rings is 1. The summed E-state index contributed by atoms with van der Waals surface area (Å²) in [6.45, 7) is 3.70. The van der Waals surface area contributed by atoms with E-state index in [1.54, 1.807) is 29.2 Å². The van der Waals surface area contributed by atoms with Crippen LogP contribution in [0.3, 0.4) is 0 Å². The highest BCUT2D eigenvalue weighted by Crippen LogP contribution is 2.21. The van der Waals surface area contributed by atoms with Crippen molar-refractivity contribution in [1.82, 2.24) is 9.21 Å². The predicted molar refractivity (Wildman–Crippen MR) is 84.4 cm³/mol. The van der Waals surface area contributed by atoms with Gasteiger partial charge in [-0.3, -0.25) is 4.79 Å². The molecule has 0 spiro atoms. The van der Waals surface area contributed by atoms with Gasteiger partial charge < -0.3 is 4.90 Å². The number of hydrogen-bond donors (Lipinski definition) is 0. The number of carbonyl (C=O) groups is 1. The van der Waals surface area contributed by atoms with Crippen LogP contribution < -0.4 is 0 Å². The molecular formula is C14H19BrN2O3S. The number of hydrogen-bond acceptors (Lipinski definition) is 3. The highest BCUT2D eigenvalue weighted by Gasteiger charge is 2.27. The Hall–Kier alpha value is -0.920. The third-order valence-corrected chi connectivity index (χ3v) is 5.93. The van der Waals surface area contributed by atoms with E-state index in [-0.39, 0.29) is 10.8 Å². The van der Waals surface area contributed by atoms with E-state index >= 15 is 0 Å². The molecule has 0 unspecified atom stereocenters. The Labute approximate surface area is 134 Å². The van der Waals surface area contributed by atoms with Crippen molar-refractivity contribution >= 4 is 31.9 Å². The van der Waals surface area contributed by atoms with Gasteiger partial charge in [-0.15, -0.1) is 0 Å². The molecule has 7 heteroatoms. The van der Waals surface area contributed by atoms with Crippen molar-refractivity contribution in [2.75, 3.05) is 26.2 Å². The van der Waals surface area contributed by atoms with Gasteiger partial charge in [0.1, 0.15) is 0 Å². The van der Waals surface area contributed by atoms with Crippen molar-refractivity contribution in [3.8, 4) is 0 Å². The Morgan fingerprint density at radius 2 is 2.00 bits per heavy atom. The number of amides is 1. The highest BCUT2D eigenvalue weighted by atomic mass is 79.9. The molecule has 1 aromatic carbocycles. The zero-order valence-electron chi connectivity index (χ0n) is 12.0. The molecule has 5 nitrogen and oxygen atoms in total. The molecule has 2 rings (SSSR count). The number of sulfonamides is 1. The maximum absolute atomic E-state index is 12.6. The van der Waals surface area contributed by atoms with E-state index in [2.05, 4.69) is 15.9 Å². The summed E-state index contributed by atoms with van der Waals surface area (Å²) in [6.07, 6.45) is 1.12. The number of halogens is 1. The predicted octanol–water partition coefficient (Wildman–Crippen LogP) is 2.08. The molecule has 0 atom stereocenters. The van der Waals surface area contributed by atoms with Gasteiger partial charge in [0, 0.05) is 37.1 Å². The Morgan fingerprint density at radius 3 is 2.67 bits per heavy atom. The van der Waals surface area contributed by atoms with Gasteiger partial charge in [0.25, 0.3) is 0 Å². The van der Waals surface area contributed by atoms with Gasteiger partial charge in [-0.05, 0) is 24.6 Å². The fourth-order valence-electron chi connectivity index (χ4n) is 2.38. The number of rotatable bonds is 3. The molecule has 1 aliphatic heterocycles. The summed E-state index contributed by atoms with van der Waals surface area (Å²) in [5.74, 6) is 0.0803. The van der Waals surface area contributed by atoms with E-state index in [0.717, 1.165) is 4.47 Å². The van der Waals surface area contributed by atoms with Crippen LogP contribution in [0.4, 0.5) is 0 Å². The lowest BCUT2D eigenvalue weighted by molar-refractivity contribution is -0.130. The molecule has 1 amide bonds. The molecule has 0 aliphatic carbocycles. The number of carbonyl (C=O) groups excluding carboxylic acids is 1. The normalized spacial score (nSPS) is 17.5. The maximum atomic E-state index is 12.6. The lowest BCUT2D eigenvalue weighted by Gasteiger charge is -2.21. The topological polar surface area (TPSA) is 57.7 Å². The van der Waals surface area contributed by atoms with E-state index in [9.17, 15) is 13.2 Å². The molecule has 1 aromatic rings. The van der Waals surface area contributed by atoms with Crippen molar-refractivity contribution in [2.24, 2.45) is 0 Å². The van der Waals surface area contributed by atoms with Crippen LogP contribution in [0.25, 0.3) is 0 Å². The SMILES string of the molecule is CCC(=O)N1CCCN(S(=O)(=O)c2cccc(Br)c2)CC1. The molecule has 0 bridgehead atoms. The molecule has 116 valence electrons. The van der Waals surface area contributed by atoms with Crippen LogP contribution in [0.5, 0.6) is 0 Å². The smallest absolute Gasteiger partial charge is 0.243 e. The van der Waals surface area contributed by atoms with Gasteiger partial charge in [-0.2, -0.15) is 4.31 Å². The minimum Gasteiger partial charge on any atom is -0.341 e. The Kier molecular flexibility index (Phi) is 5.40. The summed E-state index contributed by atoms with van der Waals surface area (Å²) in [7, 11) is -3.50. The van der Waals surface area contributed by atoms with E-state index in [4.69, 9.17) is 0 Å². The van der Waals surface area contributed by atoms with Gasteiger partial charge in [0.15, 0.2) is 0 Å². The van der Waals surface area contributed by atoms with Crippen molar-refractivity contribution in [1.29, 1.82) is 0 Å². The summed E-state index contributed by atoms with van der Waals surface area (Å²) < 4.78 is 27.5. The lowest BCUT2D eigenvalue weighted by atomic mass is 10.3. The highest BCUT2D eigenvalue weighted by molar-refractivity contribution is 9.10. The summed E-state index contributed by atoms with van der Waals surface area (Å²) >= 11 is 3.30. The minimum atomic E-state index is -3.50. The largest absolute Gasteiger partial charge is 0.341 e. The first-order chi connectivity index (χ1) is 9.95. The molecule has 1 heterocycles. The maximum Gasteiger partial charge on any atom is 0.243 e. The first kappa shape index (κ1) is 16.5. The monoisotopic (exact) mass is 374 g/mol. The van der Waals surface area contributed by atoms with E-state index in [1.165, 1.54) is 4.31 Å². The fourth-order valence-corrected chi connectivity index (χ4v) is 4.45. The quantitative estimate of drug-likeness (QED) is 0.813. The zero-order chi connectivity index (χ0) is 15.5. The summed E-state index contributed by atoms with van der Waals surface area (Å²) in [5.41, 5.74) is 0. The first-order valence-electron chi connectivity index (χ1n) is 6.98. The Morgan fingerprint density at radius 1 is 1.24 bits per heavy atom. The molecule has 0 radical (unpaired) electrons. The van der Waals surface area contributed by atoms with Crippen molar-refractivity contribution in [2.45, 2.75) is 24.7 Å². The number of nitrogens with zero attached hydrogens (tertiary/aromatic N) is 2. The van der Waals surface area contributed by atoms with Crippen LogP contribution in [-0.2, 0) is 14.8 Å². The van der Waals surface area contributed by atoms with Crippen molar-refractivity contribution in [3.05, 3.63) is 28.7 Å². The van der Waals surface area contributed by atoms with Crippen LogP contribution in [0.2, 0.25) is 0 Å². The van der Waals surface area contributed by atoms with Gasteiger partial charge in [-0.1, -0.05) is 28.9 Å². The molecule has 1 aliphatic rings. The van der Waals surface area contributed by atoms with Crippen molar-refractivity contribution in [3.63, 3.8) is 0 Å². The van der Waals surface area contributed by atoms with Gasteiger partial charge in [-0.25, -0.2) is 8.42 Å². The minimum absolute atomic E-state index is 0.0803. The molecule has 1 saturated heterocycles. The average molecular weight is 375 g/mol. The molecule has 0 saturated carbocycles. The average Bonchev–Trinajstić information content (AvgIpc) is 2.72. The molecule has 1 fully saturated rings. The third-order valence-electron chi connectivity index (χ3n) is 3.54. The van der Waals surface area contributed by atoms with Gasteiger partial charge in [0.2, 0.25) is 15.9 Å². The Balaban J connectivity index is 2.16.